The minimum Gasteiger partial charge on any atom is -0.389 e. The molecule has 0 saturated heterocycles. The van der Waals surface area contributed by atoms with Crippen molar-refractivity contribution in [2.45, 2.75) is 18.9 Å². The van der Waals surface area contributed by atoms with Gasteiger partial charge in [-0.15, -0.1) is 0 Å². The summed E-state index contributed by atoms with van der Waals surface area (Å²) in [5.74, 6) is 0.756. The van der Waals surface area contributed by atoms with Crippen LogP contribution in [0.15, 0.2) is 24.3 Å². The molecule has 0 bridgehead atoms. The van der Waals surface area contributed by atoms with E-state index in [4.69, 9.17) is 4.74 Å². The van der Waals surface area contributed by atoms with Crippen molar-refractivity contribution < 1.29 is 9.84 Å². The maximum absolute atomic E-state index is 9.71. The van der Waals surface area contributed by atoms with Gasteiger partial charge in [-0.1, -0.05) is 0 Å². The van der Waals surface area contributed by atoms with Crippen molar-refractivity contribution in [1.82, 2.24) is 0 Å². The van der Waals surface area contributed by atoms with Crippen LogP contribution in [0, 0.1) is 9.49 Å². The fraction of sp³-hybridized carbons (Fsp3) is 0.538. The van der Waals surface area contributed by atoms with Crippen molar-refractivity contribution >= 4 is 28.3 Å². The Bertz CT molecular complexity index is 338. The van der Waals surface area contributed by atoms with Gasteiger partial charge in [0.25, 0.3) is 0 Å². The summed E-state index contributed by atoms with van der Waals surface area (Å²) < 4.78 is 6.65. The van der Waals surface area contributed by atoms with E-state index >= 15 is 0 Å². The van der Waals surface area contributed by atoms with Gasteiger partial charge in [-0.05, 0) is 65.6 Å². The summed E-state index contributed by atoms with van der Waals surface area (Å²) >= 11 is 2.27. The van der Waals surface area contributed by atoms with Crippen LogP contribution in [0.1, 0.15) is 12.8 Å². The smallest absolute Gasteiger partial charge is 0.0945 e. The van der Waals surface area contributed by atoms with E-state index in [2.05, 4.69) is 27.9 Å². The monoisotopic (exact) mass is 347 g/mol. The summed E-state index contributed by atoms with van der Waals surface area (Å²) in [7, 11) is 0. The molecule has 1 aromatic rings. The Morgan fingerprint density at radius 1 is 1.35 bits per heavy atom. The SMILES string of the molecule is OC(CNc1ccc(I)cc1)COCC1CC1. The molecular formula is C13H18INO2. The van der Waals surface area contributed by atoms with Crippen molar-refractivity contribution in [2.75, 3.05) is 25.1 Å². The summed E-state index contributed by atoms with van der Waals surface area (Å²) in [6.45, 7) is 1.76. The van der Waals surface area contributed by atoms with Crippen LogP contribution in [-0.2, 0) is 4.74 Å². The van der Waals surface area contributed by atoms with Gasteiger partial charge in [-0.2, -0.15) is 0 Å². The van der Waals surface area contributed by atoms with Crippen molar-refractivity contribution in [3.05, 3.63) is 27.8 Å². The van der Waals surface area contributed by atoms with E-state index in [1.54, 1.807) is 0 Å². The van der Waals surface area contributed by atoms with Gasteiger partial charge in [-0.3, -0.25) is 0 Å². The third-order valence-corrected chi connectivity index (χ3v) is 3.47. The molecule has 94 valence electrons. The van der Waals surface area contributed by atoms with Crippen LogP contribution in [0.4, 0.5) is 5.69 Å². The quantitative estimate of drug-likeness (QED) is 0.745. The third kappa shape index (κ3) is 5.23. The molecule has 1 aromatic carbocycles. The molecule has 1 aliphatic rings. The van der Waals surface area contributed by atoms with E-state index < -0.39 is 6.10 Å². The molecule has 0 aromatic heterocycles. The fourth-order valence-electron chi connectivity index (χ4n) is 1.52. The first-order valence-corrected chi connectivity index (χ1v) is 7.07. The second-order valence-electron chi connectivity index (χ2n) is 4.52. The van der Waals surface area contributed by atoms with Crippen LogP contribution in [0.25, 0.3) is 0 Å². The van der Waals surface area contributed by atoms with Crippen LogP contribution < -0.4 is 5.32 Å². The van der Waals surface area contributed by atoms with E-state index in [-0.39, 0.29) is 0 Å². The second kappa shape index (κ2) is 6.56. The van der Waals surface area contributed by atoms with E-state index in [9.17, 15) is 5.11 Å². The zero-order valence-electron chi connectivity index (χ0n) is 9.73. The molecule has 1 saturated carbocycles. The first-order chi connectivity index (χ1) is 8.24. The van der Waals surface area contributed by atoms with Crippen molar-refractivity contribution in [3.63, 3.8) is 0 Å². The highest BCUT2D eigenvalue weighted by molar-refractivity contribution is 14.1. The predicted octanol–water partition coefficient (Wildman–Crippen LogP) is 2.49. The van der Waals surface area contributed by atoms with Crippen LogP contribution in [0.2, 0.25) is 0 Å². The Hall–Kier alpha value is -0.330. The van der Waals surface area contributed by atoms with Crippen LogP contribution >= 0.6 is 22.6 Å². The molecular weight excluding hydrogens is 329 g/mol. The zero-order valence-corrected chi connectivity index (χ0v) is 11.9. The Morgan fingerprint density at radius 2 is 2.06 bits per heavy atom. The standard InChI is InChI=1S/C13H18INO2/c14-11-3-5-12(6-4-11)15-7-13(16)9-17-8-10-1-2-10/h3-6,10,13,15-16H,1-2,7-9H2. The minimum atomic E-state index is -0.437. The lowest BCUT2D eigenvalue weighted by Crippen LogP contribution is -2.25. The predicted molar refractivity (Wildman–Crippen MR) is 77.2 cm³/mol. The topological polar surface area (TPSA) is 41.5 Å². The summed E-state index contributed by atoms with van der Waals surface area (Å²) in [4.78, 5) is 0. The third-order valence-electron chi connectivity index (χ3n) is 2.75. The number of nitrogens with one attached hydrogen (secondary N) is 1. The Labute approximate surface area is 116 Å². The van der Waals surface area contributed by atoms with Gasteiger partial charge in [0, 0.05) is 22.4 Å². The zero-order chi connectivity index (χ0) is 12.1. The molecule has 3 nitrogen and oxygen atoms in total. The number of anilines is 1. The fourth-order valence-corrected chi connectivity index (χ4v) is 1.88. The summed E-state index contributed by atoms with van der Waals surface area (Å²) in [5.41, 5.74) is 1.03. The molecule has 1 fully saturated rings. The number of aliphatic hydroxyl groups is 1. The van der Waals surface area contributed by atoms with Crippen molar-refractivity contribution in [1.29, 1.82) is 0 Å². The number of rotatable bonds is 7. The number of benzene rings is 1. The average Bonchev–Trinajstić information content (AvgIpc) is 3.12. The number of ether oxygens (including phenoxy) is 1. The molecule has 17 heavy (non-hydrogen) atoms. The molecule has 0 spiro atoms. The van der Waals surface area contributed by atoms with Gasteiger partial charge in [-0.25, -0.2) is 0 Å². The molecule has 0 aliphatic heterocycles. The highest BCUT2D eigenvalue weighted by Gasteiger charge is 2.21. The molecule has 0 radical (unpaired) electrons. The van der Waals surface area contributed by atoms with Gasteiger partial charge in [0.05, 0.1) is 12.7 Å². The van der Waals surface area contributed by atoms with Gasteiger partial charge in [0.1, 0.15) is 0 Å². The normalized spacial score (nSPS) is 16.8. The van der Waals surface area contributed by atoms with Crippen molar-refractivity contribution in [2.24, 2.45) is 5.92 Å². The Morgan fingerprint density at radius 3 is 2.71 bits per heavy atom. The summed E-state index contributed by atoms with van der Waals surface area (Å²) in [6, 6.07) is 8.11. The van der Waals surface area contributed by atoms with E-state index in [0.29, 0.717) is 13.2 Å². The van der Waals surface area contributed by atoms with E-state index in [1.165, 1.54) is 16.4 Å². The maximum atomic E-state index is 9.71. The molecule has 1 atom stereocenters. The molecule has 0 heterocycles. The summed E-state index contributed by atoms with van der Waals surface area (Å²) in [5, 5.41) is 12.9. The van der Waals surface area contributed by atoms with Crippen LogP contribution in [0.5, 0.6) is 0 Å². The Balaban J connectivity index is 1.60. The van der Waals surface area contributed by atoms with Crippen LogP contribution in [0.3, 0.4) is 0 Å². The van der Waals surface area contributed by atoms with Gasteiger partial charge >= 0.3 is 0 Å². The van der Waals surface area contributed by atoms with Gasteiger partial charge < -0.3 is 15.2 Å². The number of hydrogen-bond acceptors (Lipinski definition) is 3. The molecule has 1 aliphatic carbocycles. The first kappa shape index (κ1) is 13.1. The largest absolute Gasteiger partial charge is 0.389 e. The first-order valence-electron chi connectivity index (χ1n) is 5.99. The summed E-state index contributed by atoms with van der Waals surface area (Å²) in [6.07, 6.45) is 2.14. The number of hydrogen-bond donors (Lipinski definition) is 2. The average molecular weight is 347 g/mol. The van der Waals surface area contributed by atoms with E-state index in [1.807, 2.05) is 24.3 Å². The second-order valence-corrected chi connectivity index (χ2v) is 5.77. The van der Waals surface area contributed by atoms with Gasteiger partial charge in [0.15, 0.2) is 0 Å². The number of aliphatic hydroxyl groups excluding tert-OH is 1. The van der Waals surface area contributed by atoms with E-state index in [0.717, 1.165) is 18.2 Å². The van der Waals surface area contributed by atoms with Gasteiger partial charge in [0.2, 0.25) is 0 Å². The maximum Gasteiger partial charge on any atom is 0.0945 e. The molecule has 2 N–H and O–H groups in total. The lowest BCUT2D eigenvalue weighted by molar-refractivity contribution is 0.0386. The highest BCUT2D eigenvalue weighted by Crippen LogP contribution is 2.28. The van der Waals surface area contributed by atoms with Crippen LogP contribution in [-0.4, -0.2) is 31.0 Å². The lowest BCUT2D eigenvalue weighted by atomic mass is 10.3. The molecule has 4 heteroatoms. The lowest BCUT2D eigenvalue weighted by Gasteiger charge is -2.13. The molecule has 0 amide bonds. The Kier molecular flexibility index (Phi) is 5.06. The van der Waals surface area contributed by atoms with Crippen molar-refractivity contribution in [3.8, 4) is 0 Å². The number of halogens is 1. The molecule has 2 rings (SSSR count). The molecule has 1 unspecified atom stereocenters. The minimum absolute atomic E-state index is 0.424. The highest BCUT2D eigenvalue weighted by atomic mass is 127.